The van der Waals surface area contributed by atoms with Crippen LogP contribution in [0.4, 0.5) is 0 Å². The van der Waals surface area contributed by atoms with Crippen molar-refractivity contribution in [2.45, 2.75) is 19.4 Å². The van der Waals surface area contributed by atoms with E-state index >= 15 is 0 Å². The number of hydrogen-bond acceptors (Lipinski definition) is 2. The summed E-state index contributed by atoms with van der Waals surface area (Å²) < 4.78 is 6.23. The summed E-state index contributed by atoms with van der Waals surface area (Å²) in [5.41, 5.74) is 0. The lowest BCUT2D eigenvalue weighted by Crippen LogP contribution is -2.16. The monoisotopic (exact) mass is 292 g/mol. The molecule has 15 heavy (non-hydrogen) atoms. The van der Waals surface area contributed by atoms with Gasteiger partial charge in [-0.1, -0.05) is 27.5 Å². The van der Waals surface area contributed by atoms with Crippen LogP contribution in [0.3, 0.4) is 0 Å². The van der Waals surface area contributed by atoms with Crippen LogP contribution in [0.25, 0.3) is 0 Å². The van der Waals surface area contributed by atoms with Crippen molar-refractivity contribution in [3.63, 3.8) is 0 Å². The van der Waals surface area contributed by atoms with E-state index in [1.165, 1.54) is 0 Å². The maximum atomic E-state index is 10.4. The molecule has 1 aromatic rings. The zero-order chi connectivity index (χ0) is 11.4. The molecule has 0 amide bonds. The average molecular weight is 294 g/mol. The summed E-state index contributed by atoms with van der Waals surface area (Å²) in [6.45, 7) is 1.69. The number of benzene rings is 1. The highest BCUT2D eigenvalue weighted by Crippen LogP contribution is 2.28. The molecule has 1 atom stereocenters. The Labute approximate surface area is 101 Å². The Morgan fingerprint density at radius 1 is 1.67 bits per heavy atom. The lowest BCUT2D eigenvalue weighted by Gasteiger charge is -2.13. The fourth-order valence-electron chi connectivity index (χ4n) is 1.08. The molecule has 82 valence electrons. The molecule has 5 heteroatoms. The first-order valence-electron chi connectivity index (χ1n) is 4.32. The van der Waals surface area contributed by atoms with Crippen LogP contribution in [0.5, 0.6) is 5.75 Å². The topological polar surface area (TPSA) is 46.5 Å². The Balaban J connectivity index is 2.68. The number of aliphatic carboxylic acids is 1. The summed E-state index contributed by atoms with van der Waals surface area (Å²) in [4.78, 5) is 10.4. The van der Waals surface area contributed by atoms with Crippen molar-refractivity contribution in [2.75, 3.05) is 0 Å². The minimum Gasteiger partial charge on any atom is -0.489 e. The number of carbonyl (C=O) groups is 1. The van der Waals surface area contributed by atoms with Gasteiger partial charge in [0.25, 0.3) is 0 Å². The number of hydrogen-bond donors (Lipinski definition) is 1. The third-order valence-corrected chi connectivity index (χ3v) is 2.47. The zero-order valence-corrected chi connectivity index (χ0v) is 10.4. The molecule has 0 bridgehead atoms. The second-order valence-corrected chi connectivity index (χ2v) is 4.42. The Hall–Kier alpha value is -0.740. The third kappa shape index (κ3) is 4.10. The van der Waals surface area contributed by atoms with Gasteiger partial charge in [0, 0.05) is 4.47 Å². The summed E-state index contributed by atoms with van der Waals surface area (Å²) in [6, 6.07) is 5.18. The van der Waals surface area contributed by atoms with E-state index < -0.39 is 12.1 Å². The fourth-order valence-corrected chi connectivity index (χ4v) is 1.79. The summed E-state index contributed by atoms with van der Waals surface area (Å²) >= 11 is 9.18. The molecule has 1 N–H and O–H groups in total. The average Bonchev–Trinajstić information content (AvgIpc) is 2.08. The maximum Gasteiger partial charge on any atom is 0.307 e. The first-order valence-corrected chi connectivity index (χ1v) is 5.49. The van der Waals surface area contributed by atoms with E-state index in [-0.39, 0.29) is 6.42 Å². The molecule has 0 fully saturated rings. The molecular weight excluding hydrogens is 283 g/mol. The van der Waals surface area contributed by atoms with E-state index in [4.69, 9.17) is 21.4 Å². The van der Waals surface area contributed by atoms with Crippen molar-refractivity contribution < 1.29 is 14.6 Å². The van der Waals surface area contributed by atoms with E-state index in [0.717, 1.165) is 4.47 Å². The number of carboxylic acid groups (broad SMARTS) is 1. The van der Waals surface area contributed by atoms with Crippen molar-refractivity contribution in [2.24, 2.45) is 0 Å². The van der Waals surface area contributed by atoms with Crippen LogP contribution in [0.2, 0.25) is 5.02 Å². The van der Waals surface area contributed by atoms with Crippen LogP contribution in [-0.4, -0.2) is 17.2 Å². The van der Waals surface area contributed by atoms with Crippen molar-refractivity contribution >= 4 is 33.5 Å². The van der Waals surface area contributed by atoms with Crippen molar-refractivity contribution in [1.82, 2.24) is 0 Å². The van der Waals surface area contributed by atoms with E-state index in [1.807, 2.05) is 0 Å². The molecule has 3 nitrogen and oxygen atoms in total. The minimum atomic E-state index is -0.893. The quantitative estimate of drug-likeness (QED) is 0.926. The van der Waals surface area contributed by atoms with Crippen LogP contribution in [0.15, 0.2) is 22.7 Å². The molecule has 0 heterocycles. The van der Waals surface area contributed by atoms with Gasteiger partial charge in [-0.15, -0.1) is 0 Å². The van der Waals surface area contributed by atoms with Gasteiger partial charge < -0.3 is 9.84 Å². The van der Waals surface area contributed by atoms with Crippen LogP contribution in [0, 0.1) is 0 Å². The molecule has 0 saturated heterocycles. The Morgan fingerprint density at radius 2 is 2.33 bits per heavy atom. The highest BCUT2D eigenvalue weighted by Gasteiger charge is 2.11. The van der Waals surface area contributed by atoms with Gasteiger partial charge in [0.2, 0.25) is 0 Å². The molecule has 1 rings (SSSR count). The Morgan fingerprint density at radius 3 is 2.87 bits per heavy atom. The predicted molar refractivity (Wildman–Crippen MR) is 61.5 cm³/mol. The smallest absolute Gasteiger partial charge is 0.307 e. The molecule has 0 aliphatic rings. The van der Waals surface area contributed by atoms with Gasteiger partial charge in [0.15, 0.2) is 0 Å². The normalized spacial score (nSPS) is 12.2. The fraction of sp³-hybridized carbons (Fsp3) is 0.300. The molecule has 1 unspecified atom stereocenters. The summed E-state index contributed by atoms with van der Waals surface area (Å²) in [7, 11) is 0. The molecular formula is C10H10BrClO3. The van der Waals surface area contributed by atoms with Crippen LogP contribution in [0.1, 0.15) is 13.3 Å². The second kappa shape index (κ2) is 5.37. The van der Waals surface area contributed by atoms with Gasteiger partial charge in [-0.25, -0.2) is 0 Å². The van der Waals surface area contributed by atoms with Crippen LogP contribution >= 0.6 is 27.5 Å². The van der Waals surface area contributed by atoms with Gasteiger partial charge >= 0.3 is 5.97 Å². The first kappa shape index (κ1) is 12.3. The Bertz CT molecular complexity index is 368. The Kier molecular flexibility index (Phi) is 4.42. The number of halogens is 2. The van der Waals surface area contributed by atoms with Crippen molar-refractivity contribution in [3.05, 3.63) is 27.7 Å². The first-order chi connectivity index (χ1) is 6.99. The zero-order valence-electron chi connectivity index (χ0n) is 8.04. The van der Waals surface area contributed by atoms with E-state index in [9.17, 15) is 4.79 Å². The molecule has 0 aliphatic carbocycles. The SMILES string of the molecule is CC(CC(=O)O)Oc1ccc(Br)cc1Cl. The molecule has 0 aromatic heterocycles. The summed E-state index contributed by atoms with van der Waals surface area (Å²) in [6.07, 6.45) is -0.451. The van der Waals surface area contributed by atoms with E-state index in [1.54, 1.807) is 25.1 Å². The van der Waals surface area contributed by atoms with E-state index in [0.29, 0.717) is 10.8 Å². The minimum absolute atomic E-state index is 0.0492. The number of carboxylic acids is 1. The standard InChI is InChI=1S/C10H10BrClO3/c1-6(4-10(13)14)15-9-3-2-7(11)5-8(9)12/h2-3,5-6H,4H2,1H3,(H,13,14). The maximum absolute atomic E-state index is 10.4. The summed E-state index contributed by atoms with van der Waals surface area (Å²) in [5.74, 6) is -0.399. The second-order valence-electron chi connectivity index (χ2n) is 3.10. The molecule has 0 spiro atoms. The largest absolute Gasteiger partial charge is 0.489 e. The van der Waals surface area contributed by atoms with Gasteiger partial charge in [0.05, 0.1) is 11.4 Å². The lowest BCUT2D eigenvalue weighted by atomic mass is 10.3. The van der Waals surface area contributed by atoms with Crippen molar-refractivity contribution in [3.8, 4) is 5.75 Å². The lowest BCUT2D eigenvalue weighted by molar-refractivity contribution is -0.138. The third-order valence-electron chi connectivity index (χ3n) is 1.68. The highest BCUT2D eigenvalue weighted by molar-refractivity contribution is 9.10. The summed E-state index contributed by atoms with van der Waals surface area (Å²) in [5, 5.41) is 9.01. The predicted octanol–water partition coefficient (Wildman–Crippen LogP) is 3.34. The molecule has 0 aliphatic heterocycles. The van der Waals surface area contributed by atoms with Crippen molar-refractivity contribution in [1.29, 1.82) is 0 Å². The molecule has 1 aromatic carbocycles. The van der Waals surface area contributed by atoms with Gasteiger partial charge in [0.1, 0.15) is 11.9 Å². The van der Waals surface area contributed by atoms with E-state index in [2.05, 4.69) is 15.9 Å². The highest BCUT2D eigenvalue weighted by atomic mass is 79.9. The van der Waals surface area contributed by atoms with Crippen LogP contribution in [-0.2, 0) is 4.79 Å². The van der Waals surface area contributed by atoms with Gasteiger partial charge in [-0.05, 0) is 25.1 Å². The van der Waals surface area contributed by atoms with Gasteiger partial charge in [-0.3, -0.25) is 4.79 Å². The molecule has 0 radical (unpaired) electrons. The molecule has 0 saturated carbocycles. The van der Waals surface area contributed by atoms with Crippen LogP contribution < -0.4 is 4.74 Å². The number of rotatable bonds is 4. The van der Waals surface area contributed by atoms with Gasteiger partial charge in [-0.2, -0.15) is 0 Å². The number of ether oxygens (including phenoxy) is 1.